The van der Waals surface area contributed by atoms with Gasteiger partial charge in [-0.05, 0) is 43.9 Å². The first-order valence-corrected chi connectivity index (χ1v) is 9.32. The topological polar surface area (TPSA) is 76.7 Å². The minimum absolute atomic E-state index is 0.230. The molecule has 2 aromatic carbocycles. The summed E-state index contributed by atoms with van der Waals surface area (Å²) in [4.78, 5) is 23.7. The van der Waals surface area contributed by atoms with Crippen molar-refractivity contribution in [2.24, 2.45) is 0 Å². The van der Waals surface area contributed by atoms with E-state index >= 15 is 0 Å². The van der Waals surface area contributed by atoms with Crippen molar-refractivity contribution in [3.8, 4) is 0 Å². The summed E-state index contributed by atoms with van der Waals surface area (Å²) in [6.45, 7) is 6.51. The van der Waals surface area contributed by atoms with Gasteiger partial charge in [0.2, 0.25) is 0 Å². The molecule has 0 saturated carbocycles. The molecule has 0 unspecified atom stereocenters. The smallest absolute Gasteiger partial charge is 0.407 e. The number of carbonyl (C=O) groups excluding carboxylic acids is 2. The molecular weight excluding hydrogens is 356 g/mol. The first-order valence-electron chi connectivity index (χ1n) is 9.32. The van der Waals surface area contributed by atoms with Gasteiger partial charge in [0.15, 0.2) is 0 Å². The van der Waals surface area contributed by atoms with Crippen LogP contribution in [0.4, 0.5) is 9.59 Å². The molecule has 6 nitrogen and oxygen atoms in total. The Morgan fingerprint density at radius 1 is 0.857 bits per heavy atom. The van der Waals surface area contributed by atoms with Crippen LogP contribution in [0.15, 0.2) is 54.6 Å². The number of ether oxygens (including phenoxy) is 2. The maximum Gasteiger partial charge on any atom is 0.407 e. The first-order chi connectivity index (χ1) is 13.3. The number of alkyl carbamates (subject to hydrolysis) is 2. The lowest BCUT2D eigenvalue weighted by molar-refractivity contribution is 0.0528. The van der Waals surface area contributed by atoms with Crippen LogP contribution in [-0.4, -0.2) is 24.3 Å². The highest BCUT2D eigenvalue weighted by molar-refractivity contribution is 5.68. The summed E-state index contributed by atoms with van der Waals surface area (Å²) in [7, 11) is 0. The Morgan fingerprint density at radius 3 is 2.18 bits per heavy atom. The highest BCUT2D eigenvalue weighted by Gasteiger charge is 2.15. The molecule has 0 atom stereocenters. The Morgan fingerprint density at radius 2 is 1.50 bits per heavy atom. The van der Waals surface area contributed by atoms with Crippen molar-refractivity contribution in [2.45, 2.75) is 45.9 Å². The molecule has 0 fully saturated rings. The molecule has 0 spiro atoms. The molecule has 2 rings (SSSR count). The summed E-state index contributed by atoms with van der Waals surface area (Å²) in [6, 6.07) is 17.3. The van der Waals surface area contributed by atoms with Crippen LogP contribution in [-0.2, 0) is 29.0 Å². The fraction of sp³-hybridized carbons (Fsp3) is 0.364. The molecule has 0 saturated heterocycles. The molecular formula is C22H28N2O4. The van der Waals surface area contributed by atoms with Crippen LogP contribution in [0.1, 0.15) is 37.5 Å². The molecule has 0 bridgehead atoms. The van der Waals surface area contributed by atoms with E-state index in [0.29, 0.717) is 19.5 Å². The van der Waals surface area contributed by atoms with Gasteiger partial charge in [-0.1, -0.05) is 54.6 Å². The zero-order chi connectivity index (χ0) is 20.4. The standard InChI is InChI=1S/C22H28N2O4/c1-22(2,3)28-21(26)23-14-13-18-11-7-8-12-19(18)15-24-20(25)27-16-17-9-5-4-6-10-17/h4-12H,13-16H2,1-3H3,(H,23,26)(H,24,25). The third-order valence-electron chi connectivity index (χ3n) is 3.82. The van der Waals surface area contributed by atoms with Crippen molar-refractivity contribution in [1.29, 1.82) is 0 Å². The van der Waals surface area contributed by atoms with Gasteiger partial charge in [-0.2, -0.15) is 0 Å². The molecule has 2 amide bonds. The van der Waals surface area contributed by atoms with Crippen LogP contribution in [0.2, 0.25) is 0 Å². The summed E-state index contributed by atoms with van der Waals surface area (Å²) in [5.74, 6) is 0. The van der Waals surface area contributed by atoms with Crippen LogP contribution in [0.3, 0.4) is 0 Å². The van der Waals surface area contributed by atoms with E-state index in [1.807, 2.05) is 75.4 Å². The number of hydrogen-bond acceptors (Lipinski definition) is 4. The zero-order valence-electron chi connectivity index (χ0n) is 16.7. The van der Waals surface area contributed by atoms with Crippen LogP contribution in [0, 0.1) is 0 Å². The normalized spacial score (nSPS) is 10.8. The average Bonchev–Trinajstić information content (AvgIpc) is 2.65. The minimum atomic E-state index is -0.522. The van der Waals surface area contributed by atoms with Crippen molar-refractivity contribution >= 4 is 12.2 Å². The van der Waals surface area contributed by atoms with Gasteiger partial charge < -0.3 is 20.1 Å². The number of nitrogens with one attached hydrogen (secondary N) is 2. The zero-order valence-corrected chi connectivity index (χ0v) is 16.7. The first kappa shape index (κ1) is 21.3. The van der Waals surface area contributed by atoms with Crippen molar-refractivity contribution in [2.75, 3.05) is 6.54 Å². The quantitative estimate of drug-likeness (QED) is 0.751. The van der Waals surface area contributed by atoms with Crippen LogP contribution >= 0.6 is 0 Å². The van der Waals surface area contributed by atoms with E-state index < -0.39 is 17.8 Å². The molecule has 0 radical (unpaired) electrons. The lowest BCUT2D eigenvalue weighted by Crippen LogP contribution is -2.33. The number of benzene rings is 2. The summed E-state index contributed by atoms with van der Waals surface area (Å²) in [5.41, 5.74) is 2.43. The van der Waals surface area contributed by atoms with E-state index in [-0.39, 0.29) is 6.61 Å². The van der Waals surface area contributed by atoms with E-state index in [4.69, 9.17) is 9.47 Å². The number of hydrogen-bond donors (Lipinski definition) is 2. The molecule has 150 valence electrons. The Labute approximate surface area is 166 Å². The SMILES string of the molecule is CC(C)(C)OC(=O)NCCc1ccccc1CNC(=O)OCc1ccccc1. The maximum absolute atomic E-state index is 11.9. The monoisotopic (exact) mass is 384 g/mol. The number of rotatable bonds is 7. The van der Waals surface area contributed by atoms with Gasteiger partial charge in [0.25, 0.3) is 0 Å². The highest BCUT2D eigenvalue weighted by atomic mass is 16.6. The van der Waals surface area contributed by atoms with Gasteiger partial charge in [0.1, 0.15) is 12.2 Å². The summed E-state index contributed by atoms with van der Waals surface area (Å²) < 4.78 is 10.4. The van der Waals surface area contributed by atoms with Crippen LogP contribution in [0.5, 0.6) is 0 Å². The fourth-order valence-corrected chi connectivity index (χ4v) is 2.53. The van der Waals surface area contributed by atoms with Crippen LogP contribution in [0.25, 0.3) is 0 Å². The molecule has 0 heterocycles. The Balaban J connectivity index is 1.78. The van der Waals surface area contributed by atoms with E-state index in [2.05, 4.69) is 10.6 Å². The third-order valence-corrected chi connectivity index (χ3v) is 3.82. The van der Waals surface area contributed by atoms with Crippen molar-refractivity contribution in [3.05, 3.63) is 71.3 Å². The Kier molecular flexibility index (Phi) is 7.87. The minimum Gasteiger partial charge on any atom is -0.445 e. The fourth-order valence-electron chi connectivity index (χ4n) is 2.53. The van der Waals surface area contributed by atoms with Crippen molar-refractivity contribution in [1.82, 2.24) is 10.6 Å². The van der Waals surface area contributed by atoms with Gasteiger partial charge in [-0.15, -0.1) is 0 Å². The van der Waals surface area contributed by atoms with Gasteiger partial charge in [0.05, 0.1) is 0 Å². The van der Waals surface area contributed by atoms with E-state index in [0.717, 1.165) is 16.7 Å². The van der Waals surface area contributed by atoms with Gasteiger partial charge in [0, 0.05) is 13.1 Å². The molecule has 0 aliphatic rings. The number of carbonyl (C=O) groups is 2. The van der Waals surface area contributed by atoms with Gasteiger partial charge >= 0.3 is 12.2 Å². The molecule has 0 aliphatic carbocycles. The average molecular weight is 384 g/mol. The predicted molar refractivity (Wildman–Crippen MR) is 108 cm³/mol. The van der Waals surface area contributed by atoms with E-state index in [1.165, 1.54) is 0 Å². The summed E-state index contributed by atoms with van der Waals surface area (Å²) in [6.07, 6.45) is -0.269. The molecule has 0 aromatic heterocycles. The predicted octanol–water partition coefficient (Wildman–Crippen LogP) is 4.18. The third kappa shape index (κ3) is 8.12. The van der Waals surface area contributed by atoms with E-state index in [1.54, 1.807) is 0 Å². The summed E-state index contributed by atoms with van der Waals surface area (Å²) in [5, 5.41) is 5.51. The maximum atomic E-state index is 11.9. The lowest BCUT2D eigenvalue weighted by Gasteiger charge is -2.19. The molecule has 6 heteroatoms. The van der Waals surface area contributed by atoms with E-state index in [9.17, 15) is 9.59 Å². The van der Waals surface area contributed by atoms with Crippen molar-refractivity contribution in [3.63, 3.8) is 0 Å². The summed E-state index contributed by atoms with van der Waals surface area (Å²) >= 11 is 0. The largest absolute Gasteiger partial charge is 0.445 e. The molecule has 2 aromatic rings. The number of amides is 2. The second-order valence-corrected chi connectivity index (χ2v) is 7.36. The molecule has 2 N–H and O–H groups in total. The van der Waals surface area contributed by atoms with Gasteiger partial charge in [-0.3, -0.25) is 0 Å². The highest BCUT2D eigenvalue weighted by Crippen LogP contribution is 2.10. The Bertz CT molecular complexity index is 770. The molecule has 0 aliphatic heterocycles. The Hall–Kier alpha value is -3.02. The molecule has 28 heavy (non-hydrogen) atoms. The van der Waals surface area contributed by atoms with Crippen LogP contribution < -0.4 is 10.6 Å². The second-order valence-electron chi connectivity index (χ2n) is 7.36. The lowest BCUT2D eigenvalue weighted by atomic mass is 10.0. The van der Waals surface area contributed by atoms with Crippen molar-refractivity contribution < 1.29 is 19.1 Å². The second kappa shape index (κ2) is 10.3. The van der Waals surface area contributed by atoms with Gasteiger partial charge in [-0.25, -0.2) is 9.59 Å².